The fourth-order valence-electron chi connectivity index (χ4n) is 3.46. The number of nitrogens with zero attached hydrogens (tertiary/aromatic N) is 4. The SMILES string of the molecule is CN1CCN(C(=O)c2n[nH]c3c2CCC3)CC1c1ncc[nH]1. The van der Waals surface area contributed by atoms with Crippen LogP contribution in [0.25, 0.3) is 0 Å². The zero-order valence-corrected chi connectivity index (χ0v) is 12.7. The Bertz CT molecular complexity index is 676. The van der Waals surface area contributed by atoms with Crippen molar-refractivity contribution in [2.45, 2.75) is 25.3 Å². The van der Waals surface area contributed by atoms with Crippen LogP contribution in [0.5, 0.6) is 0 Å². The standard InChI is InChI=1S/C15H20N6O/c1-20-7-8-21(9-12(20)14-16-5-6-17-14)15(22)13-10-3-2-4-11(10)18-19-13/h5-6,12H,2-4,7-9H2,1H3,(H,16,17)(H,18,19). The summed E-state index contributed by atoms with van der Waals surface area (Å²) >= 11 is 0. The van der Waals surface area contributed by atoms with E-state index in [-0.39, 0.29) is 11.9 Å². The number of H-pyrrole nitrogens is 2. The Labute approximate surface area is 128 Å². The van der Waals surface area contributed by atoms with Gasteiger partial charge in [0, 0.05) is 43.3 Å². The number of rotatable bonds is 2. The Kier molecular flexibility index (Phi) is 3.22. The molecule has 7 heteroatoms. The number of likely N-dealkylation sites (N-methyl/N-ethyl adjacent to an activating group) is 1. The van der Waals surface area contributed by atoms with Crippen LogP contribution >= 0.6 is 0 Å². The molecular formula is C15H20N6O. The molecule has 2 N–H and O–H groups in total. The largest absolute Gasteiger partial charge is 0.347 e. The van der Waals surface area contributed by atoms with Crippen molar-refractivity contribution in [3.8, 4) is 0 Å². The molecule has 0 radical (unpaired) electrons. The van der Waals surface area contributed by atoms with E-state index in [1.54, 1.807) is 6.20 Å². The molecule has 2 aromatic heterocycles. The third-order valence-corrected chi connectivity index (χ3v) is 4.78. The highest BCUT2D eigenvalue weighted by Gasteiger charge is 2.33. The third kappa shape index (κ3) is 2.12. The number of aryl methyl sites for hydroxylation is 1. The predicted octanol–water partition coefficient (Wildman–Crippen LogP) is 0.750. The Balaban J connectivity index is 1.56. The molecule has 4 rings (SSSR count). The second-order valence-corrected chi connectivity index (χ2v) is 6.10. The van der Waals surface area contributed by atoms with E-state index < -0.39 is 0 Å². The van der Waals surface area contributed by atoms with E-state index in [4.69, 9.17) is 0 Å². The average Bonchev–Trinajstić information content (AvgIpc) is 3.24. The van der Waals surface area contributed by atoms with Crippen LogP contribution in [0.15, 0.2) is 12.4 Å². The van der Waals surface area contributed by atoms with E-state index in [0.29, 0.717) is 12.2 Å². The minimum Gasteiger partial charge on any atom is -0.347 e. The summed E-state index contributed by atoms with van der Waals surface area (Å²) in [5, 5.41) is 7.29. The van der Waals surface area contributed by atoms with Gasteiger partial charge in [0.1, 0.15) is 5.82 Å². The van der Waals surface area contributed by atoms with Crippen molar-refractivity contribution in [1.29, 1.82) is 0 Å². The molecule has 7 nitrogen and oxygen atoms in total. The molecule has 0 saturated carbocycles. The summed E-state index contributed by atoms with van der Waals surface area (Å²) in [6, 6.07) is 0.111. The molecule has 2 aliphatic rings. The van der Waals surface area contributed by atoms with Gasteiger partial charge in [0.25, 0.3) is 5.91 Å². The topological polar surface area (TPSA) is 80.9 Å². The lowest BCUT2D eigenvalue weighted by Crippen LogP contribution is -2.49. The van der Waals surface area contributed by atoms with Gasteiger partial charge in [-0.05, 0) is 26.3 Å². The van der Waals surface area contributed by atoms with Crippen LogP contribution in [0.4, 0.5) is 0 Å². The molecule has 3 heterocycles. The molecule has 1 atom stereocenters. The number of amides is 1. The molecular weight excluding hydrogens is 280 g/mol. The molecule has 1 saturated heterocycles. The number of aromatic amines is 2. The maximum atomic E-state index is 12.8. The third-order valence-electron chi connectivity index (χ3n) is 4.78. The summed E-state index contributed by atoms with van der Waals surface area (Å²) in [5.74, 6) is 0.955. The average molecular weight is 300 g/mol. The lowest BCUT2D eigenvalue weighted by atomic mass is 10.1. The van der Waals surface area contributed by atoms with E-state index in [0.717, 1.165) is 49.4 Å². The van der Waals surface area contributed by atoms with Crippen molar-refractivity contribution < 1.29 is 4.79 Å². The lowest BCUT2D eigenvalue weighted by molar-refractivity contribution is 0.0528. The van der Waals surface area contributed by atoms with Gasteiger partial charge >= 0.3 is 0 Å². The number of carbonyl (C=O) groups is 1. The van der Waals surface area contributed by atoms with E-state index in [1.165, 1.54) is 0 Å². The Morgan fingerprint density at radius 3 is 3.09 bits per heavy atom. The smallest absolute Gasteiger partial charge is 0.274 e. The summed E-state index contributed by atoms with van der Waals surface area (Å²) in [6.07, 6.45) is 6.66. The Morgan fingerprint density at radius 1 is 1.36 bits per heavy atom. The lowest BCUT2D eigenvalue weighted by Gasteiger charge is -2.38. The van der Waals surface area contributed by atoms with Crippen LogP contribution in [-0.4, -0.2) is 62.6 Å². The minimum atomic E-state index is 0.0454. The maximum absolute atomic E-state index is 12.8. The molecule has 0 spiro atoms. The molecule has 2 aromatic rings. The molecule has 1 aliphatic heterocycles. The number of piperazine rings is 1. The molecule has 22 heavy (non-hydrogen) atoms. The van der Waals surface area contributed by atoms with Gasteiger partial charge in [0.05, 0.1) is 6.04 Å². The molecule has 0 bridgehead atoms. The van der Waals surface area contributed by atoms with E-state index in [9.17, 15) is 4.79 Å². The van der Waals surface area contributed by atoms with Crippen molar-refractivity contribution in [2.24, 2.45) is 0 Å². The summed E-state index contributed by atoms with van der Waals surface area (Å²) in [5.41, 5.74) is 2.88. The van der Waals surface area contributed by atoms with Gasteiger partial charge < -0.3 is 9.88 Å². The van der Waals surface area contributed by atoms with E-state index in [2.05, 4.69) is 32.1 Å². The number of hydrogen-bond acceptors (Lipinski definition) is 4. The molecule has 116 valence electrons. The summed E-state index contributed by atoms with van der Waals surface area (Å²) in [6.45, 7) is 2.21. The highest BCUT2D eigenvalue weighted by molar-refractivity contribution is 5.94. The number of fused-ring (bicyclic) bond motifs is 1. The summed E-state index contributed by atoms with van der Waals surface area (Å²) in [7, 11) is 2.07. The molecule has 1 amide bonds. The van der Waals surface area contributed by atoms with Crippen molar-refractivity contribution in [3.63, 3.8) is 0 Å². The maximum Gasteiger partial charge on any atom is 0.274 e. The summed E-state index contributed by atoms with van der Waals surface area (Å²) in [4.78, 5) is 24.5. The van der Waals surface area contributed by atoms with Gasteiger partial charge in [-0.25, -0.2) is 4.98 Å². The molecule has 1 fully saturated rings. The van der Waals surface area contributed by atoms with Crippen molar-refractivity contribution in [2.75, 3.05) is 26.7 Å². The number of nitrogens with one attached hydrogen (secondary N) is 2. The highest BCUT2D eigenvalue weighted by Crippen LogP contribution is 2.26. The van der Waals surface area contributed by atoms with Crippen LogP contribution in [-0.2, 0) is 12.8 Å². The Hall–Kier alpha value is -2.15. The first-order chi connectivity index (χ1) is 10.7. The first-order valence-electron chi connectivity index (χ1n) is 7.79. The molecule has 1 aliphatic carbocycles. The van der Waals surface area contributed by atoms with Gasteiger partial charge in [-0.1, -0.05) is 0 Å². The van der Waals surface area contributed by atoms with E-state index in [1.807, 2.05) is 11.1 Å². The summed E-state index contributed by atoms with van der Waals surface area (Å²) < 4.78 is 0. The highest BCUT2D eigenvalue weighted by atomic mass is 16.2. The van der Waals surface area contributed by atoms with Gasteiger partial charge in [-0.15, -0.1) is 0 Å². The second kappa shape index (κ2) is 5.24. The zero-order valence-electron chi connectivity index (χ0n) is 12.7. The number of aromatic nitrogens is 4. The van der Waals surface area contributed by atoms with Crippen LogP contribution in [0.1, 0.15) is 40.0 Å². The van der Waals surface area contributed by atoms with Crippen LogP contribution in [0, 0.1) is 0 Å². The van der Waals surface area contributed by atoms with Crippen molar-refractivity contribution >= 4 is 5.91 Å². The van der Waals surface area contributed by atoms with Crippen molar-refractivity contribution in [1.82, 2.24) is 30.0 Å². The first-order valence-corrected chi connectivity index (χ1v) is 7.79. The van der Waals surface area contributed by atoms with Gasteiger partial charge in [-0.2, -0.15) is 5.10 Å². The normalized spacial score (nSPS) is 22.0. The second-order valence-electron chi connectivity index (χ2n) is 6.10. The fourth-order valence-corrected chi connectivity index (χ4v) is 3.46. The van der Waals surface area contributed by atoms with E-state index >= 15 is 0 Å². The molecule has 0 aromatic carbocycles. The fraction of sp³-hybridized carbons (Fsp3) is 0.533. The quantitative estimate of drug-likeness (QED) is 0.857. The first kappa shape index (κ1) is 13.5. The van der Waals surface area contributed by atoms with Crippen molar-refractivity contribution in [3.05, 3.63) is 35.2 Å². The van der Waals surface area contributed by atoms with Crippen LogP contribution < -0.4 is 0 Å². The van der Waals surface area contributed by atoms with Gasteiger partial charge in [0.15, 0.2) is 5.69 Å². The number of imidazole rings is 1. The zero-order chi connectivity index (χ0) is 15.1. The molecule has 1 unspecified atom stereocenters. The number of carbonyl (C=O) groups excluding carboxylic acids is 1. The van der Waals surface area contributed by atoms with Gasteiger partial charge in [-0.3, -0.25) is 14.8 Å². The van der Waals surface area contributed by atoms with Crippen LogP contribution in [0.3, 0.4) is 0 Å². The van der Waals surface area contributed by atoms with Crippen LogP contribution in [0.2, 0.25) is 0 Å². The minimum absolute atomic E-state index is 0.0454. The monoisotopic (exact) mass is 300 g/mol. The van der Waals surface area contributed by atoms with Gasteiger partial charge in [0.2, 0.25) is 0 Å². The number of hydrogen-bond donors (Lipinski definition) is 2. The Morgan fingerprint density at radius 2 is 2.27 bits per heavy atom. The predicted molar refractivity (Wildman–Crippen MR) is 80.5 cm³/mol.